The highest BCUT2D eigenvalue weighted by atomic mass is 79.9. The van der Waals surface area contributed by atoms with Gasteiger partial charge in [0.15, 0.2) is 0 Å². The molecule has 3 nitrogen and oxygen atoms in total. The lowest BCUT2D eigenvalue weighted by Crippen LogP contribution is -2.49. The Morgan fingerprint density at radius 2 is 2.05 bits per heavy atom. The van der Waals surface area contributed by atoms with Crippen LogP contribution in [0.15, 0.2) is 22.7 Å². The van der Waals surface area contributed by atoms with Gasteiger partial charge in [-0.1, -0.05) is 12.1 Å². The summed E-state index contributed by atoms with van der Waals surface area (Å²) in [5.41, 5.74) is 0.530. The fraction of sp³-hybridized carbons (Fsp3) is 0.500. The molecule has 0 saturated heterocycles. The van der Waals surface area contributed by atoms with Crippen LogP contribution in [-0.4, -0.2) is 17.5 Å². The van der Waals surface area contributed by atoms with Crippen LogP contribution in [0.4, 0.5) is 4.39 Å². The van der Waals surface area contributed by atoms with Gasteiger partial charge < -0.3 is 10.6 Å². The van der Waals surface area contributed by atoms with E-state index in [1.165, 1.54) is 6.07 Å². The second-order valence-electron chi connectivity index (χ2n) is 5.55. The summed E-state index contributed by atoms with van der Waals surface area (Å²) in [6.07, 6.45) is 0. The van der Waals surface area contributed by atoms with Crippen LogP contribution in [0.2, 0.25) is 0 Å². The molecule has 0 bridgehead atoms. The first kappa shape index (κ1) is 16.1. The number of hydrogen-bond donors (Lipinski definition) is 2. The average molecular weight is 331 g/mol. The second kappa shape index (κ2) is 6.48. The van der Waals surface area contributed by atoms with E-state index >= 15 is 0 Å². The van der Waals surface area contributed by atoms with Crippen molar-refractivity contribution >= 4 is 21.8 Å². The number of amides is 1. The molecule has 106 valence electrons. The predicted molar refractivity (Wildman–Crippen MR) is 78.3 cm³/mol. The van der Waals surface area contributed by atoms with E-state index in [1.807, 2.05) is 26.8 Å². The average Bonchev–Trinajstić information content (AvgIpc) is 2.28. The second-order valence-corrected chi connectivity index (χ2v) is 6.35. The Kier molecular flexibility index (Phi) is 5.50. The molecular formula is C14H20BrFN2O. The van der Waals surface area contributed by atoms with Gasteiger partial charge in [0.05, 0.1) is 10.5 Å². The van der Waals surface area contributed by atoms with E-state index in [0.29, 0.717) is 11.0 Å². The fourth-order valence-corrected chi connectivity index (χ4v) is 1.92. The van der Waals surface area contributed by atoms with Gasteiger partial charge in [-0.05, 0) is 55.3 Å². The highest BCUT2D eigenvalue weighted by Crippen LogP contribution is 2.20. The number of benzene rings is 1. The third kappa shape index (κ3) is 5.28. The standard InChI is InChI=1S/C14H20BrFN2O/c1-9(13(19)18-14(2,3)4)17-8-10-6-5-7-11(16)12(10)15/h5-7,9,17H,8H2,1-4H3,(H,18,19). The van der Waals surface area contributed by atoms with Gasteiger partial charge in [0.2, 0.25) is 5.91 Å². The molecule has 1 unspecified atom stereocenters. The summed E-state index contributed by atoms with van der Waals surface area (Å²) in [4.78, 5) is 11.9. The van der Waals surface area contributed by atoms with E-state index in [0.717, 1.165) is 5.56 Å². The van der Waals surface area contributed by atoms with Crippen LogP contribution < -0.4 is 10.6 Å². The summed E-state index contributed by atoms with van der Waals surface area (Å²) in [6.45, 7) is 8.01. The molecule has 1 rings (SSSR count). The minimum Gasteiger partial charge on any atom is -0.350 e. The lowest BCUT2D eigenvalue weighted by molar-refractivity contribution is -0.124. The van der Waals surface area contributed by atoms with Gasteiger partial charge >= 0.3 is 0 Å². The molecule has 0 aliphatic carbocycles. The van der Waals surface area contributed by atoms with Crippen LogP contribution in [0.5, 0.6) is 0 Å². The molecule has 0 aromatic heterocycles. The molecule has 1 aromatic rings. The Hall–Kier alpha value is -0.940. The lowest BCUT2D eigenvalue weighted by atomic mass is 10.1. The Morgan fingerprint density at radius 1 is 1.42 bits per heavy atom. The summed E-state index contributed by atoms with van der Waals surface area (Å²) in [5, 5.41) is 5.97. The highest BCUT2D eigenvalue weighted by Gasteiger charge is 2.19. The highest BCUT2D eigenvalue weighted by molar-refractivity contribution is 9.10. The van der Waals surface area contributed by atoms with Crippen molar-refractivity contribution < 1.29 is 9.18 Å². The van der Waals surface area contributed by atoms with Gasteiger partial charge in [-0.15, -0.1) is 0 Å². The van der Waals surface area contributed by atoms with Gasteiger partial charge in [-0.2, -0.15) is 0 Å². The van der Waals surface area contributed by atoms with Crippen LogP contribution >= 0.6 is 15.9 Å². The van der Waals surface area contributed by atoms with Crippen molar-refractivity contribution in [3.8, 4) is 0 Å². The van der Waals surface area contributed by atoms with Crippen molar-refractivity contribution in [2.45, 2.75) is 45.8 Å². The maximum absolute atomic E-state index is 13.3. The molecule has 0 aliphatic rings. The molecular weight excluding hydrogens is 311 g/mol. The van der Waals surface area contributed by atoms with E-state index in [4.69, 9.17) is 0 Å². The fourth-order valence-electron chi connectivity index (χ4n) is 1.52. The summed E-state index contributed by atoms with van der Waals surface area (Å²) in [6, 6.07) is 4.52. The summed E-state index contributed by atoms with van der Waals surface area (Å²) in [7, 11) is 0. The van der Waals surface area contributed by atoms with Gasteiger partial charge in [0.25, 0.3) is 0 Å². The number of carbonyl (C=O) groups excluding carboxylic acids is 1. The summed E-state index contributed by atoms with van der Waals surface area (Å²) < 4.78 is 13.8. The number of halogens is 2. The molecule has 19 heavy (non-hydrogen) atoms. The molecule has 1 atom stereocenters. The molecule has 0 heterocycles. The molecule has 0 saturated carbocycles. The number of carbonyl (C=O) groups is 1. The van der Waals surface area contributed by atoms with E-state index in [-0.39, 0.29) is 23.3 Å². The molecule has 0 spiro atoms. The SMILES string of the molecule is CC(NCc1cccc(F)c1Br)C(=O)NC(C)(C)C. The molecule has 0 radical (unpaired) electrons. The Morgan fingerprint density at radius 3 is 2.63 bits per heavy atom. The molecule has 2 N–H and O–H groups in total. The van der Waals surface area contributed by atoms with Gasteiger partial charge in [-0.25, -0.2) is 4.39 Å². The van der Waals surface area contributed by atoms with Crippen LogP contribution in [0, 0.1) is 5.82 Å². The molecule has 0 fully saturated rings. The molecule has 1 amide bonds. The third-order valence-corrected chi connectivity index (χ3v) is 3.41. The quantitative estimate of drug-likeness (QED) is 0.891. The predicted octanol–water partition coefficient (Wildman–Crippen LogP) is 2.98. The topological polar surface area (TPSA) is 41.1 Å². The number of rotatable bonds is 4. The van der Waals surface area contributed by atoms with Crippen molar-refractivity contribution in [3.05, 3.63) is 34.1 Å². The minimum absolute atomic E-state index is 0.0694. The first-order valence-corrected chi connectivity index (χ1v) is 6.98. The van der Waals surface area contributed by atoms with Crippen molar-refractivity contribution in [1.82, 2.24) is 10.6 Å². The summed E-state index contributed by atoms with van der Waals surface area (Å²) >= 11 is 3.20. The number of nitrogens with one attached hydrogen (secondary N) is 2. The minimum atomic E-state index is -0.339. The van der Waals surface area contributed by atoms with Gasteiger partial charge in [0, 0.05) is 12.1 Å². The van der Waals surface area contributed by atoms with Crippen LogP contribution in [0.3, 0.4) is 0 Å². The van der Waals surface area contributed by atoms with E-state index in [9.17, 15) is 9.18 Å². The molecule has 1 aromatic carbocycles. The first-order valence-electron chi connectivity index (χ1n) is 6.19. The van der Waals surface area contributed by atoms with Crippen LogP contribution in [0.1, 0.15) is 33.3 Å². The monoisotopic (exact) mass is 330 g/mol. The maximum Gasteiger partial charge on any atom is 0.237 e. The zero-order valence-corrected chi connectivity index (χ0v) is 13.3. The van der Waals surface area contributed by atoms with Gasteiger partial charge in [-0.3, -0.25) is 4.79 Å². The van der Waals surface area contributed by atoms with E-state index < -0.39 is 0 Å². The third-order valence-electron chi connectivity index (χ3n) is 2.52. The smallest absolute Gasteiger partial charge is 0.237 e. The molecule has 0 aliphatic heterocycles. The Labute approximate surface area is 122 Å². The van der Waals surface area contributed by atoms with Crippen molar-refractivity contribution in [1.29, 1.82) is 0 Å². The maximum atomic E-state index is 13.3. The van der Waals surface area contributed by atoms with E-state index in [1.54, 1.807) is 13.0 Å². The zero-order chi connectivity index (χ0) is 14.6. The molecule has 5 heteroatoms. The van der Waals surface area contributed by atoms with Gasteiger partial charge in [0.1, 0.15) is 5.82 Å². The normalized spacial score (nSPS) is 13.2. The van der Waals surface area contributed by atoms with Crippen LogP contribution in [-0.2, 0) is 11.3 Å². The largest absolute Gasteiger partial charge is 0.350 e. The van der Waals surface area contributed by atoms with Crippen molar-refractivity contribution in [2.24, 2.45) is 0 Å². The Bertz CT molecular complexity index is 457. The zero-order valence-electron chi connectivity index (χ0n) is 11.7. The number of hydrogen-bond acceptors (Lipinski definition) is 2. The first-order chi connectivity index (χ1) is 8.70. The van der Waals surface area contributed by atoms with Crippen molar-refractivity contribution in [2.75, 3.05) is 0 Å². The van der Waals surface area contributed by atoms with Crippen LogP contribution in [0.25, 0.3) is 0 Å². The lowest BCUT2D eigenvalue weighted by Gasteiger charge is -2.23. The van der Waals surface area contributed by atoms with Crippen molar-refractivity contribution in [3.63, 3.8) is 0 Å². The summed E-state index contributed by atoms with van der Waals surface area (Å²) in [5.74, 6) is -0.369. The van der Waals surface area contributed by atoms with E-state index in [2.05, 4.69) is 26.6 Å². The Balaban J connectivity index is 2.57.